The number of aromatic nitrogens is 2. The molecular formula is C16H21BrClFN2. The van der Waals surface area contributed by atoms with E-state index in [2.05, 4.69) is 39.3 Å². The van der Waals surface area contributed by atoms with Gasteiger partial charge in [-0.15, -0.1) is 11.6 Å². The average Bonchev–Trinajstić information content (AvgIpc) is 2.81. The number of benzene rings is 1. The molecular weight excluding hydrogens is 355 g/mol. The van der Waals surface area contributed by atoms with E-state index in [4.69, 9.17) is 11.6 Å². The molecule has 0 saturated carbocycles. The number of rotatable bonds is 7. The lowest BCUT2D eigenvalue weighted by molar-refractivity contribution is 0.418. The molecule has 2 aromatic rings. The maximum atomic E-state index is 13.7. The van der Waals surface area contributed by atoms with Crippen LogP contribution in [0.2, 0.25) is 0 Å². The van der Waals surface area contributed by atoms with Gasteiger partial charge < -0.3 is 4.57 Å². The smallest absolute Gasteiger partial charge is 0.139 e. The molecule has 1 heterocycles. The van der Waals surface area contributed by atoms with Gasteiger partial charge >= 0.3 is 0 Å². The Morgan fingerprint density at radius 2 is 2.05 bits per heavy atom. The normalized spacial score (nSPS) is 13.0. The summed E-state index contributed by atoms with van der Waals surface area (Å²) in [5.74, 6) is 0.896. The highest BCUT2D eigenvalue weighted by atomic mass is 79.9. The molecule has 2 nitrogen and oxygen atoms in total. The van der Waals surface area contributed by atoms with Crippen LogP contribution in [0, 0.1) is 5.82 Å². The van der Waals surface area contributed by atoms with Gasteiger partial charge in [-0.1, -0.05) is 33.1 Å². The van der Waals surface area contributed by atoms with Gasteiger partial charge in [0.25, 0.3) is 0 Å². The number of hydrogen-bond acceptors (Lipinski definition) is 1. The standard InChI is InChI=1S/C16H21BrClFN2/c1-3-5-7-11(6-4-2)21-15-8-12(17)13(19)9-14(15)20-16(21)10-18/h8-9,11H,3-7,10H2,1-2H3. The predicted molar refractivity (Wildman–Crippen MR) is 90.4 cm³/mol. The van der Waals surface area contributed by atoms with E-state index in [0.717, 1.165) is 30.6 Å². The zero-order chi connectivity index (χ0) is 15.4. The maximum Gasteiger partial charge on any atom is 0.139 e. The second-order valence-corrected chi connectivity index (χ2v) is 6.49. The van der Waals surface area contributed by atoms with Crippen LogP contribution >= 0.6 is 27.5 Å². The fourth-order valence-electron chi connectivity index (χ4n) is 2.82. The Labute approximate surface area is 138 Å². The van der Waals surface area contributed by atoms with Crippen molar-refractivity contribution in [2.45, 2.75) is 57.9 Å². The van der Waals surface area contributed by atoms with Gasteiger partial charge in [0.1, 0.15) is 11.6 Å². The van der Waals surface area contributed by atoms with E-state index >= 15 is 0 Å². The molecule has 2 rings (SSSR count). The van der Waals surface area contributed by atoms with Crippen LogP contribution in [0.3, 0.4) is 0 Å². The summed E-state index contributed by atoms with van der Waals surface area (Å²) in [7, 11) is 0. The summed E-state index contributed by atoms with van der Waals surface area (Å²) in [6.07, 6.45) is 5.65. The summed E-state index contributed by atoms with van der Waals surface area (Å²) < 4.78 is 16.4. The van der Waals surface area contributed by atoms with Crippen LogP contribution in [0.25, 0.3) is 11.0 Å². The zero-order valence-electron chi connectivity index (χ0n) is 12.5. The van der Waals surface area contributed by atoms with Crippen molar-refractivity contribution in [3.05, 3.63) is 28.2 Å². The molecule has 0 saturated heterocycles. The maximum absolute atomic E-state index is 13.7. The molecule has 0 aliphatic carbocycles. The third kappa shape index (κ3) is 3.59. The third-order valence-corrected chi connectivity index (χ3v) is 4.65. The zero-order valence-corrected chi connectivity index (χ0v) is 14.8. The molecule has 1 aromatic heterocycles. The molecule has 116 valence electrons. The lowest BCUT2D eigenvalue weighted by Crippen LogP contribution is -2.12. The molecule has 21 heavy (non-hydrogen) atoms. The lowest BCUT2D eigenvalue weighted by atomic mass is 10.0. The fraction of sp³-hybridized carbons (Fsp3) is 0.562. The second kappa shape index (κ2) is 7.59. The second-order valence-electron chi connectivity index (χ2n) is 5.37. The molecule has 0 fully saturated rings. The van der Waals surface area contributed by atoms with Gasteiger partial charge in [-0.3, -0.25) is 0 Å². The van der Waals surface area contributed by atoms with Crippen molar-refractivity contribution in [2.24, 2.45) is 0 Å². The molecule has 0 spiro atoms. The number of halogens is 3. The average molecular weight is 376 g/mol. The monoisotopic (exact) mass is 374 g/mol. The van der Waals surface area contributed by atoms with Gasteiger partial charge in [-0.05, 0) is 34.8 Å². The van der Waals surface area contributed by atoms with Crippen molar-refractivity contribution >= 4 is 38.6 Å². The highest BCUT2D eigenvalue weighted by Crippen LogP contribution is 2.31. The first-order valence-electron chi connectivity index (χ1n) is 7.54. The molecule has 0 N–H and O–H groups in total. The molecule has 0 aliphatic heterocycles. The van der Waals surface area contributed by atoms with Crippen LogP contribution in [-0.2, 0) is 5.88 Å². The number of imidazole rings is 1. The van der Waals surface area contributed by atoms with Gasteiger partial charge in [0.2, 0.25) is 0 Å². The Hall–Kier alpha value is -0.610. The Morgan fingerprint density at radius 1 is 1.29 bits per heavy atom. The summed E-state index contributed by atoms with van der Waals surface area (Å²) in [6.45, 7) is 4.39. The van der Waals surface area contributed by atoms with Crippen LogP contribution in [0.5, 0.6) is 0 Å². The van der Waals surface area contributed by atoms with Crippen molar-refractivity contribution in [2.75, 3.05) is 0 Å². The minimum absolute atomic E-state index is 0.283. The fourth-order valence-corrected chi connectivity index (χ4v) is 3.34. The van der Waals surface area contributed by atoms with Crippen LogP contribution < -0.4 is 0 Å². The van der Waals surface area contributed by atoms with Gasteiger partial charge in [0.15, 0.2) is 0 Å². The first-order chi connectivity index (χ1) is 10.1. The number of fused-ring (bicyclic) bond motifs is 1. The van der Waals surface area contributed by atoms with Crippen LogP contribution in [0.15, 0.2) is 16.6 Å². The van der Waals surface area contributed by atoms with Crippen molar-refractivity contribution in [1.29, 1.82) is 0 Å². The van der Waals surface area contributed by atoms with Crippen molar-refractivity contribution in [1.82, 2.24) is 9.55 Å². The van der Waals surface area contributed by atoms with E-state index in [1.807, 2.05) is 6.07 Å². The highest BCUT2D eigenvalue weighted by molar-refractivity contribution is 9.10. The van der Waals surface area contributed by atoms with Crippen LogP contribution in [-0.4, -0.2) is 9.55 Å². The molecule has 1 aromatic carbocycles. The van der Waals surface area contributed by atoms with Gasteiger partial charge in [0, 0.05) is 12.1 Å². The van der Waals surface area contributed by atoms with Crippen LogP contribution in [0.1, 0.15) is 57.8 Å². The molecule has 1 unspecified atom stereocenters. The van der Waals surface area contributed by atoms with E-state index < -0.39 is 0 Å². The first kappa shape index (κ1) is 16.8. The number of unbranched alkanes of at least 4 members (excludes halogenated alkanes) is 1. The molecule has 0 amide bonds. The molecule has 0 aliphatic rings. The number of nitrogens with zero attached hydrogens (tertiary/aromatic N) is 2. The summed E-state index contributed by atoms with van der Waals surface area (Å²) in [4.78, 5) is 4.51. The lowest BCUT2D eigenvalue weighted by Gasteiger charge is -2.21. The summed E-state index contributed by atoms with van der Waals surface area (Å²) in [5, 5.41) is 0. The quantitative estimate of drug-likeness (QED) is 0.526. The Morgan fingerprint density at radius 3 is 2.67 bits per heavy atom. The Bertz CT molecular complexity index is 612. The van der Waals surface area contributed by atoms with Gasteiger partial charge in [-0.25, -0.2) is 9.37 Å². The molecule has 5 heteroatoms. The SMILES string of the molecule is CCCCC(CCC)n1c(CCl)nc2cc(F)c(Br)cc21. The number of alkyl halides is 1. The third-order valence-electron chi connectivity index (χ3n) is 3.80. The summed E-state index contributed by atoms with van der Waals surface area (Å²) in [5.41, 5.74) is 1.65. The van der Waals surface area contributed by atoms with E-state index in [1.54, 1.807) is 0 Å². The summed E-state index contributed by atoms with van der Waals surface area (Å²) >= 11 is 9.35. The molecule has 1 atom stereocenters. The Balaban J connectivity index is 2.54. The minimum Gasteiger partial charge on any atom is -0.324 e. The van der Waals surface area contributed by atoms with Crippen molar-refractivity contribution in [3.63, 3.8) is 0 Å². The predicted octanol–water partition coefficient (Wildman–Crippen LogP) is 6.21. The molecule has 0 bridgehead atoms. The topological polar surface area (TPSA) is 17.8 Å². The first-order valence-corrected chi connectivity index (χ1v) is 8.86. The molecule has 0 radical (unpaired) electrons. The highest BCUT2D eigenvalue weighted by Gasteiger charge is 2.19. The van der Waals surface area contributed by atoms with Crippen molar-refractivity contribution in [3.8, 4) is 0 Å². The van der Waals surface area contributed by atoms with E-state index in [1.165, 1.54) is 18.9 Å². The summed E-state index contributed by atoms with van der Waals surface area (Å²) in [6, 6.07) is 3.68. The number of hydrogen-bond donors (Lipinski definition) is 0. The van der Waals surface area contributed by atoms with E-state index in [-0.39, 0.29) is 5.82 Å². The van der Waals surface area contributed by atoms with E-state index in [0.29, 0.717) is 21.9 Å². The van der Waals surface area contributed by atoms with E-state index in [9.17, 15) is 4.39 Å². The van der Waals surface area contributed by atoms with Crippen LogP contribution in [0.4, 0.5) is 4.39 Å². The van der Waals surface area contributed by atoms with Crippen molar-refractivity contribution < 1.29 is 4.39 Å². The van der Waals surface area contributed by atoms with Gasteiger partial charge in [-0.2, -0.15) is 0 Å². The Kier molecular flexibility index (Phi) is 6.06. The minimum atomic E-state index is -0.283. The largest absolute Gasteiger partial charge is 0.324 e. The van der Waals surface area contributed by atoms with Gasteiger partial charge in [0.05, 0.1) is 21.4 Å².